The maximum atomic E-state index is 12.8. The van der Waals surface area contributed by atoms with Crippen LogP contribution in [0.25, 0.3) is 22.7 Å². The molecule has 1 saturated heterocycles. The molecule has 0 aliphatic carbocycles. The van der Waals surface area contributed by atoms with E-state index in [0.717, 1.165) is 29.7 Å². The van der Waals surface area contributed by atoms with Crippen molar-refractivity contribution in [2.24, 2.45) is 0 Å². The monoisotopic (exact) mass is 403 g/mol. The summed E-state index contributed by atoms with van der Waals surface area (Å²) in [6.07, 6.45) is 6.71. The van der Waals surface area contributed by atoms with Gasteiger partial charge in [-0.1, -0.05) is 50.1 Å². The molecule has 2 aromatic carbocycles. The number of nitrogens with zero attached hydrogens (tertiary/aromatic N) is 2. The van der Waals surface area contributed by atoms with Crippen LogP contribution in [0.1, 0.15) is 54.4 Å². The zero-order chi connectivity index (χ0) is 20.8. The van der Waals surface area contributed by atoms with Crippen molar-refractivity contribution < 1.29 is 9.53 Å². The van der Waals surface area contributed by atoms with Crippen molar-refractivity contribution >= 4 is 28.6 Å². The summed E-state index contributed by atoms with van der Waals surface area (Å²) in [5, 5.41) is 0. The maximum Gasteiger partial charge on any atom is 0.254 e. The van der Waals surface area contributed by atoms with Crippen LogP contribution in [0.5, 0.6) is 0 Å². The Morgan fingerprint density at radius 3 is 2.70 bits per heavy atom. The van der Waals surface area contributed by atoms with Gasteiger partial charge in [0.15, 0.2) is 0 Å². The van der Waals surface area contributed by atoms with Gasteiger partial charge in [-0.25, -0.2) is 4.98 Å². The number of hydrogen-bond donors (Lipinski definition) is 1. The minimum absolute atomic E-state index is 0.0550. The molecule has 2 heterocycles. The van der Waals surface area contributed by atoms with Crippen molar-refractivity contribution in [2.45, 2.75) is 32.6 Å². The summed E-state index contributed by atoms with van der Waals surface area (Å²) in [5.41, 5.74) is 4.86. The Balaban J connectivity index is 1.62. The quantitative estimate of drug-likeness (QED) is 0.555. The van der Waals surface area contributed by atoms with Gasteiger partial charge in [-0.05, 0) is 48.3 Å². The van der Waals surface area contributed by atoms with E-state index < -0.39 is 0 Å². The van der Waals surface area contributed by atoms with Crippen LogP contribution < -0.4 is 0 Å². The summed E-state index contributed by atoms with van der Waals surface area (Å²) in [4.78, 5) is 23.0. The first-order valence-corrected chi connectivity index (χ1v) is 10.9. The van der Waals surface area contributed by atoms with Crippen molar-refractivity contribution in [2.75, 3.05) is 26.3 Å². The second kappa shape index (κ2) is 9.72. The van der Waals surface area contributed by atoms with Crippen LogP contribution in [-0.4, -0.2) is 47.1 Å². The normalized spacial score (nSPS) is 15.0. The van der Waals surface area contributed by atoms with Gasteiger partial charge in [-0.15, -0.1) is 0 Å². The molecule has 5 nitrogen and oxygen atoms in total. The van der Waals surface area contributed by atoms with E-state index in [4.69, 9.17) is 9.72 Å². The molecule has 1 aliphatic rings. The highest BCUT2D eigenvalue weighted by Crippen LogP contribution is 2.25. The van der Waals surface area contributed by atoms with E-state index in [0.29, 0.717) is 31.9 Å². The largest absolute Gasteiger partial charge is 0.378 e. The van der Waals surface area contributed by atoms with Gasteiger partial charge in [-0.2, -0.15) is 0 Å². The molecule has 1 amide bonds. The van der Waals surface area contributed by atoms with Gasteiger partial charge in [0.25, 0.3) is 5.91 Å². The van der Waals surface area contributed by atoms with Gasteiger partial charge in [0.2, 0.25) is 0 Å². The first kappa shape index (κ1) is 20.4. The summed E-state index contributed by atoms with van der Waals surface area (Å²) in [5.74, 6) is 0.945. The second-order valence-electron chi connectivity index (χ2n) is 7.76. The van der Waals surface area contributed by atoms with E-state index in [2.05, 4.69) is 42.2 Å². The first-order chi connectivity index (χ1) is 14.7. The number of hydrogen-bond acceptors (Lipinski definition) is 3. The van der Waals surface area contributed by atoms with Gasteiger partial charge in [0.1, 0.15) is 5.82 Å². The number of benzene rings is 2. The average Bonchev–Trinajstić information content (AvgIpc) is 3.22. The van der Waals surface area contributed by atoms with Gasteiger partial charge < -0.3 is 14.6 Å². The minimum Gasteiger partial charge on any atom is -0.378 e. The van der Waals surface area contributed by atoms with E-state index in [1.807, 2.05) is 29.2 Å². The van der Waals surface area contributed by atoms with Gasteiger partial charge in [0.05, 0.1) is 24.2 Å². The second-order valence-corrected chi connectivity index (χ2v) is 7.76. The predicted molar refractivity (Wildman–Crippen MR) is 121 cm³/mol. The molecule has 3 aromatic rings. The Labute approximate surface area is 177 Å². The van der Waals surface area contributed by atoms with Crippen LogP contribution in [0.4, 0.5) is 0 Å². The van der Waals surface area contributed by atoms with Gasteiger partial charge in [-0.3, -0.25) is 4.79 Å². The third-order valence-electron chi connectivity index (χ3n) is 5.52. The molecule has 0 radical (unpaired) electrons. The lowest BCUT2D eigenvalue weighted by atomic mass is 10.0. The molecular weight excluding hydrogens is 374 g/mol. The summed E-state index contributed by atoms with van der Waals surface area (Å²) in [6, 6.07) is 16.1. The van der Waals surface area contributed by atoms with Crippen LogP contribution in [-0.2, 0) is 4.74 Å². The van der Waals surface area contributed by atoms with Crippen molar-refractivity contribution in [1.82, 2.24) is 14.9 Å². The molecule has 0 bridgehead atoms. The number of rotatable bonds is 7. The van der Waals surface area contributed by atoms with E-state index in [1.54, 1.807) is 0 Å². The zero-order valence-electron chi connectivity index (χ0n) is 17.6. The third kappa shape index (κ3) is 4.79. The number of amides is 1. The highest BCUT2D eigenvalue weighted by molar-refractivity contribution is 5.97. The number of unbranched alkanes of at least 4 members (excludes halogenated alkanes) is 2. The SMILES string of the molecule is CCCCCC(=Cc1ccccc1)c1nc2ccc(C(=O)N3CCOCC3)cc2[nH]1. The molecule has 4 rings (SSSR count). The van der Waals surface area contributed by atoms with Crippen LogP contribution in [0.2, 0.25) is 0 Å². The Morgan fingerprint density at radius 1 is 1.13 bits per heavy atom. The molecule has 0 unspecified atom stereocenters. The number of carbonyl (C=O) groups excluding carboxylic acids is 1. The number of carbonyl (C=O) groups is 1. The zero-order valence-corrected chi connectivity index (χ0v) is 17.6. The van der Waals surface area contributed by atoms with Crippen molar-refractivity contribution in [1.29, 1.82) is 0 Å². The number of fused-ring (bicyclic) bond motifs is 1. The molecule has 30 heavy (non-hydrogen) atoms. The Bertz CT molecular complexity index is 1020. The minimum atomic E-state index is 0.0550. The van der Waals surface area contributed by atoms with E-state index >= 15 is 0 Å². The number of nitrogens with one attached hydrogen (secondary N) is 1. The van der Waals surface area contributed by atoms with E-state index in [-0.39, 0.29) is 5.91 Å². The topological polar surface area (TPSA) is 58.2 Å². The van der Waals surface area contributed by atoms with Gasteiger partial charge >= 0.3 is 0 Å². The summed E-state index contributed by atoms with van der Waals surface area (Å²) in [7, 11) is 0. The molecule has 0 spiro atoms. The fourth-order valence-corrected chi connectivity index (χ4v) is 3.82. The maximum absolute atomic E-state index is 12.8. The molecule has 1 N–H and O–H groups in total. The van der Waals surface area contributed by atoms with Crippen LogP contribution in [0, 0.1) is 0 Å². The fourth-order valence-electron chi connectivity index (χ4n) is 3.82. The highest BCUT2D eigenvalue weighted by Gasteiger charge is 2.19. The smallest absolute Gasteiger partial charge is 0.254 e. The lowest BCUT2D eigenvalue weighted by Gasteiger charge is -2.26. The van der Waals surface area contributed by atoms with Gasteiger partial charge in [0, 0.05) is 18.7 Å². The lowest BCUT2D eigenvalue weighted by molar-refractivity contribution is 0.0303. The summed E-state index contributed by atoms with van der Waals surface area (Å²) in [6.45, 7) is 4.72. The average molecular weight is 404 g/mol. The first-order valence-electron chi connectivity index (χ1n) is 10.9. The molecule has 1 aromatic heterocycles. The molecule has 0 saturated carbocycles. The predicted octanol–water partition coefficient (Wildman–Crippen LogP) is 5.16. The number of aromatic nitrogens is 2. The van der Waals surface area contributed by atoms with E-state index in [9.17, 15) is 4.79 Å². The fraction of sp³-hybridized carbons (Fsp3) is 0.360. The summed E-state index contributed by atoms with van der Waals surface area (Å²) < 4.78 is 5.36. The highest BCUT2D eigenvalue weighted by atomic mass is 16.5. The molecule has 1 fully saturated rings. The van der Waals surface area contributed by atoms with Crippen LogP contribution in [0.15, 0.2) is 48.5 Å². The lowest BCUT2D eigenvalue weighted by Crippen LogP contribution is -2.40. The molecule has 156 valence electrons. The number of morpholine rings is 1. The van der Waals surface area contributed by atoms with Crippen LogP contribution in [0.3, 0.4) is 0 Å². The number of imidazole rings is 1. The molecule has 1 aliphatic heterocycles. The molecule has 0 atom stereocenters. The number of ether oxygens (including phenoxy) is 1. The molecule has 5 heteroatoms. The Hall–Kier alpha value is -2.92. The number of aromatic amines is 1. The van der Waals surface area contributed by atoms with Crippen molar-refractivity contribution in [3.63, 3.8) is 0 Å². The number of H-pyrrole nitrogens is 1. The van der Waals surface area contributed by atoms with E-state index in [1.165, 1.54) is 24.0 Å². The standard InChI is InChI=1S/C25H29N3O2/c1-2-3-5-10-20(17-19-8-6-4-7-9-19)24-26-22-12-11-21(18-23(22)27-24)25(29)28-13-15-30-16-14-28/h4,6-9,11-12,17-18H,2-3,5,10,13-16H2,1H3,(H,26,27). The van der Waals surface area contributed by atoms with Crippen LogP contribution >= 0.6 is 0 Å². The summed E-state index contributed by atoms with van der Waals surface area (Å²) >= 11 is 0. The third-order valence-corrected chi connectivity index (χ3v) is 5.52. The molecular formula is C25H29N3O2. The van der Waals surface area contributed by atoms with Crippen molar-refractivity contribution in [3.8, 4) is 0 Å². The van der Waals surface area contributed by atoms with Crippen molar-refractivity contribution in [3.05, 3.63) is 65.5 Å². The Kier molecular flexibility index (Phi) is 6.60. The number of allylic oxidation sites excluding steroid dienone is 1. The Morgan fingerprint density at radius 2 is 1.93 bits per heavy atom.